The Morgan fingerprint density at radius 3 is 2.60 bits per heavy atom. The van der Waals surface area contributed by atoms with E-state index in [2.05, 4.69) is 19.2 Å². The number of nitrogens with one attached hydrogen (secondary N) is 1. The van der Waals surface area contributed by atoms with Gasteiger partial charge in [0.05, 0.1) is 0 Å². The molecule has 0 aliphatic heterocycles. The van der Waals surface area contributed by atoms with Crippen molar-refractivity contribution in [2.24, 2.45) is 0 Å². The second kappa shape index (κ2) is 6.53. The van der Waals surface area contributed by atoms with Crippen LogP contribution in [0.4, 0.5) is 4.39 Å². The second-order valence-corrected chi connectivity index (χ2v) is 5.22. The van der Waals surface area contributed by atoms with E-state index >= 15 is 0 Å². The number of aryl methyl sites for hydroxylation is 1. The molecule has 2 aromatic carbocycles. The van der Waals surface area contributed by atoms with E-state index in [1.54, 1.807) is 6.07 Å². The second-order valence-electron chi connectivity index (χ2n) is 5.22. The molecule has 0 atom stereocenters. The predicted molar refractivity (Wildman–Crippen MR) is 79.6 cm³/mol. The zero-order valence-corrected chi connectivity index (χ0v) is 12.1. The molecule has 0 bridgehead atoms. The van der Waals surface area contributed by atoms with Crippen LogP contribution in [0, 0.1) is 12.7 Å². The van der Waals surface area contributed by atoms with E-state index in [-0.39, 0.29) is 11.6 Å². The third-order valence-corrected chi connectivity index (χ3v) is 2.93. The van der Waals surface area contributed by atoms with Gasteiger partial charge >= 0.3 is 0 Å². The zero-order valence-electron chi connectivity index (χ0n) is 12.1. The largest absolute Gasteiger partial charge is 0.454 e. The van der Waals surface area contributed by atoms with Crippen molar-refractivity contribution in [3.05, 3.63) is 59.4 Å². The van der Waals surface area contributed by atoms with Gasteiger partial charge in [0.25, 0.3) is 0 Å². The minimum Gasteiger partial charge on any atom is -0.454 e. The van der Waals surface area contributed by atoms with Crippen molar-refractivity contribution < 1.29 is 9.13 Å². The molecular formula is C17H20FNO. The van der Waals surface area contributed by atoms with E-state index in [9.17, 15) is 4.39 Å². The first-order valence-corrected chi connectivity index (χ1v) is 6.81. The van der Waals surface area contributed by atoms with Crippen LogP contribution in [-0.4, -0.2) is 6.04 Å². The summed E-state index contributed by atoms with van der Waals surface area (Å²) < 4.78 is 19.6. The van der Waals surface area contributed by atoms with E-state index in [1.807, 2.05) is 37.3 Å². The van der Waals surface area contributed by atoms with Crippen LogP contribution in [0.25, 0.3) is 0 Å². The van der Waals surface area contributed by atoms with Crippen LogP contribution >= 0.6 is 0 Å². The van der Waals surface area contributed by atoms with E-state index in [4.69, 9.17) is 4.74 Å². The van der Waals surface area contributed by atoms with Crippen molar-refractivity contribution in [2.45, 2.75) is 33.4 Å². The van der Waals surface area contributed by atoms with Crippen molar-refractivity contribution in [1.82, 2.24) is 5.32 Å². The topological polar surface area (TPSA) is 21.3 Å². The fourth-order valence-electron chi connectivity index (χ4n) is 1.86. The highest BCUT2D eigenvalue weighted by Gasteiger charge is 2.06. The molecule has 3 heteroatoms. The Labute approximate surface area is 119 Å². The molecule has 0 heterocycles. The molecule has 2 nitrogen and oxygen atoms in total. The summed E-state index contributed by atoms with van der Waals surface area (Å²) in [7, 11) is 0. The fourth-order valence-corrected chi connectivity index (χ4v) is 1.86. The van der Waals surface area contributed by atoms with Crippen LogP contribution in [0.3, 0.4) is 0 Å². The van der Waals surface area contributed by atoms with Crippen molar-refractivity contribution in [3.63, 3.8) is 0 Å². The molecule has 0 aliphatic rings. The Kier molecular flexibility index (Phi) is 4.74. The lowest BCUT2D eigenvalue weighted by molar-refractivity contribution is 0.441. The minimum atomic E-state index is -0.338. The van der Waals surface area contributed by atoms with E-state index in [0.29, 0.717) is 18.3 Å². The molecule has 20 heavy (non-hydrogen) atoms. The van der Waals surface area contributed by atoms with E-state index in [0.717, 1.165) is 11.1 Å². The highest BCUT2D eigenvalue weighted by atomic mass is 19.1. The number of benzene rings is 2. The number of halogens is 1. The molecular weight excluding hydrogens is 253 g/mol. The molecule has 2 rings (SSSR count). The lowest BCUT2D eigenvalue weighted by Crippen LogP contribution is -2.21. The predicted octanol–water partition coefficient (Wildman–Crippen LogP) is 4.42. The molecule has 0 amide bonds. The highest BCUT2D eigenvalue weighted by Crippen LogP contribution is 2.25. The summed E-state index contributed by atoms with van der Waals surface area (Å²) in [6.07, 6.45) is 0. The van der Waals surface area contributed by atoms with Gasteiger partial charge in [-0.2, -0.15) is 0 Å². The third kappa shape index (κ3) is 4.07. The van der Waals surface area contributed by atoms with Gasteiger partial charge in [0, 0.05) is 12.6 Å². The van der Waals surface area contributed by atoms with E-state index in [1.165, 1.54) is 6.07 Å². The number of hydrogen-bond donors (Lipinski definition) is 1. The zero-order chi connectivity index (χ0) is 14.5. The standard InChI is InChI=1S/C17H20FNO/c1-12(2)19-11-14-7-8-17(16(18)10-14)20-15-6-4-5-13(3)9-15/h4-10,12,19H,11H2,1-3H3. The molecule has 0 aliphatic carbocycles. The highest BCUT2D eigenvalue weighted by molar-refractivity contribution is 5.36. The molecule has 0 unspecified atom stereocenters. The molecule has 0 aromatic heterocycles. The molecule has 0 saturated heterocycles. The monoisotopic (exact) mass is 273 g/mol. The van der Waals surface area contributed by atoms with Gasteiger partial charge in [-0.15, -0.1) is 0 Å². The third-order valence-electron chi connectivity index (χ3n) is 2.93. The van der Waals surface area contributed by atoms with Crippen LogP contribution in [-0.2, 0) is 6.54 Å². The summed E-state index contributed by atoms with van der Waals surface area (Å²) in [6, 6.07) is 13.0. The van der Waals surface area contributed by atoms with Gasteiger partial charge in [-0.1, -0.05) is 32.0 Å². The quantitative estimate of drug-likeness (QED) is 0.870. The summed E-state index contributed by atoms with van der Waals surface area (Å²) in [5.74, 6) is 0.565. The normalized spacial score (nSPS) is 10.8. The van der Waals surface area contributed by atoms with Gasteiger partial charge in [-0.05, 0) is 42.3 Å². The van der Waals surface area contributed by atoms with Gasteiger partial charge < -0.3 is 10.1 Å². The van der Waals surface area contributed by atoms with Crippen molar-refractivity contribution in [1.29, 1.82) is 0 Å². The van der Waals surface area contributed by atoms with Gasteiger partial charge in [-0.25, -0.2) is 4.39 Å². The lowest BCUT2D eigenvalue weighted by Gasteiger charge is -2.11. The SMILES string of the molecule is Cc1cccc(Oc2ccc(CNC(C)C)cc2F)c1. The average Bonchev–Trinajstić information content (AvgIpc) is 2.39. The first-order valence-electron chi connectivity index (χ1n) is 6.81. The summed E-state index contributed by atoms with van der Waals surface area (Å²) in [5.41, 5.74) is 1.99. The number of hydrogen-bond acceptors (Lipinski definition) is 2. The first kappa shape index (κ1) is 14.5. The van der Waals surface area contributed by atoms with E-state index < -0.39 is 0 Å². The Balaban J connectivity index is 2.09. The Morgan fingerprint density at radius 2 is 1.95 bits per heavy atom. The summed E-state index contributed by atoms with van der Waals surface area (Å²) in [6.45, 7) is 6.75. The van der Waals surface area contributed by atoms with Crippen LogP contribution in [0.15, 0.2) is 42.5 Å². The molecule has 0 saturated carbocycles. The number of rotatable bonds is 5. The van der Waals surface area contributed by atoms with Crippen LogP contribution < -0.4 is 10.1 Å². The molecule has 0 spiro atoms. The van der Waals surface area contributed by atoms with Crippen molar-refractivity contribution in [3.8, 4) is 11.5 Å². The molecule has 0 radical (unpaired) electrons. The fraction of sp³-hybridized carbons (Fsp3) is 0.294. The molecule has 1 N–H and O–H groups in total. The maximum atomic E-state index is 14.0. The van der Waals surface area contributed by atoms with Crippen LogP contribution in [0.5, 0.6) is 11.5 Å². The van der Waals surface area contributed by atoms with Gasteiger partial charge in [0.1, 0.15) is 5.75 Å². The first-order chi connectivity index (χ1) is 9.54. The Hall–Kier alpha value is -1.87. The van der Waals surface area contributed by atoms with Crippen molar-refractivity contribution in [2.75, 3.05) is 0 Å². The maximum Gasteiger partial charge on any atom is 0.166 e. The lowest BCUT2D eigenvalue weighted by atomic mass is 10.2. The molecule has 0 fully saturated rings. The van der Waals surface area contributed by atoms with Crippen LogP contribution in [0.1, 0.15) is 25.0 Å². The average molecular weight is 273 g/mol. The van der Waals surface area contributed by atoms with Gasteiger partial charge in [0.2, 0.25) is 0 Å². The smallest absolute Gasteiger partial charge is 0.166 e. The Morgan fingerprint density at radius 1 is 1.15 bits per heavy atom. The summed E-state index contributed by atoms with van der Waals surface area (Å²) in [4.78, 5) is 0. The maximum absolute atomic E-state index is 14.0. The van der Waals surface area contributed by atoms with Gasteiger partial charge in [-0.3, -0.25) is 0 Å². The minimum absolute atomic E-state index is 0.254. The summed E-state index contributed by atoms with van der Waals surface area (Å²) in [5, 5.41) is 3.26. The van der Waals surface area contributed by atoms with Crippen molar-refractivity contribution >= 4 is 0 Å². The number of ether oxygens (including phenoxy) is 1. The Bertz CT molecular complexity index is 581. The van der Waals surface area contributed by atoms with Crippen LogP contribution in [0.2, 0.25) is 0 Å². The van der Waals surface area contributed by atoms with Gasteiger partial charge in [0.15, 0.2) is 11.6 Å². The summed E-state index contributed by atoms with van der Waals surface area (Å²) >= 11 is 0. The molecule has 106 valence electrons. The molecule has 2 aromatic rings.